The van der Waals surface area contributed by atoms with Gasteiger partial charge in [0.15, 0.2) is 5.78 Å². The highest BCUT2D eigenvalue weighted by atomic mass is 16.6. The van der Waals surface area contributed by atoms with Crippen molar-refractivity contribution in [2.75, 3.05) is 120 Å². The van der Waals surface area contributed by atoms with Crippen LogP contribution in [0.25, 0.3) is 0 Å². The number of likely N-dealkylation sites (N-methyl/N-ethyl adjacent to an activating group) is 1. The highest BCUT2D eigenvalue weighted by Gasteiger charge is 2.30. The van der Waals surface area contributed by atoms with Crippen molar-refractivity contribution in [1.29, 1.82) is 0 Å². The molecular weight excluding hydrogens is 1140 g/mol. The molecule has 3 amide bonds. The van der Waals surface area contributed by atoms with E-state index in [1.165, 1.54) is 38.5 Å². The van der Waals surface area contributed by atoms with Crippen molar-refractivity contribution in [3.05, 3.63) is 0 Å². The predicted octanol–water partition coefficient (Wildman–Crippen LogP) is 8.11. The summed E-state index contributed by atoms with van der Waals surface area (Å²) in [7, 11) is 4.06. The van der Waals surface area contributed by atoms with E-state index in [-0.39, 0.29) is 128 Å². The molecule has 0 aromatic rings. The summed E-state index contributed by atoms with van der Waals surface area (Å²) in [6, 6.07) is -0.917. The molecule has 512 valence electrons. The average Bonchev–Trinajstić information content (AvgIpc) is 3.04. The number of nitrogens with zero attached hydrogens (tertiary/aromatic N) is 1. The van der Waals surface area contributed by atoms with Gasteiger partial charge in [-0.3, -0.25) is 43.2 Å². The van der Waals surface area contributed by atoms with Crippen LogP contribution < -0.4 is 16.0 Å². The zero-order valence-electron chi connectivity index (χ0n) is 56.2. The molecule has 23 nitrogen and oxygen atoms in total. The Bertz CT molecular complexity index is 1950. The molecular formula is C65H119N4O19+. The van der Waals surface area contributed by atoms with E-state index in [1.54, 1.807) is 41.5 Å². The normalized spacial score (nSPS) is 12.7. The topological polar surface area (TPSA) is 293 Å². The molecule has 0 aromatic heterocycles. The van der Waals surface area contributed by atoms with Gasteiger partial charge in [0.25, 0.3) is 0 Å². The standard InChI is InChI=1S/C65H118N4O19/c1-63(2,3)86-60(77)29-25-23-21-19-17-15-13-12-14-16-18-20-22-24-27-54(70)47-52(62(79)88-65(7,8)9)30-31-56(72)68-53(49-61(78)87-64(4,5)6)48-57(73)67-34-39-82-44-45-84-50-55(71)28-26-37-80-43-46-85-51-58(74)66-33-35-69(10,11)36-40-83-42-41-81-38-32-59(75)76/h52-53H,12-51H2,1-11H3,(H3-,66,67,68,72,73,74,75,76)/p+1/t52-,53?/m1/s1. The first-order chi connectivity index (χ1) is 41.4. The summed E-state index contributed by atoms with van der Waals surface area (Å²) in [5.41, 5.74) is -2.02. The number of hydrogen-bond donors (Lipinski definition) is 4. The summed E-state index contributed by atoms with van der Waals surface area (Å²) in [5, 5.41) is 17.0. The van der Waals surface area contributed by atoms with Crippen LogP contribution in [0, 0.1) is 5.92 Å². The number of hydrogen-bond acceptors (Lipinski definition) is 18. The van der Waals surface area contributed by atoms with Gasteiger partial charge >= 0.3 is 23.9 Å². The van der Waals surface area contributed by atoms with Crippen molar-refractivity contribution in [2.24, 2.45) is 5.92 Å². The number of amides is 3. The number of carboxylic acids is 1. The first kappa shape index (κ1) is 83.4. The van der Waals surface area contributed by atoms with Crippen molar-refractivity contribution < 1.29 is 95.4 Å². The Hall–Kier alpha value is -4.65. The minimum Gasteiger partial charge on any atom is -0.481 e. The first-order valence-electron chi connectivity index (χ1n) is 32.5. The van der Waals surface area contributed by atoms with E-state index >= 15 is 0 Å². The lowest BCUT2D eigenvalue weighted by atomic mass is 9.94. The van der Waals surface area contributed by atoms with Gasteiger partial charge in [-0.05, 0) is 88.0 Å². The summed E-state index contributed by atoms with van der Waals surface area (Å²) in [5.74, 6) is -4.35. The van der Waals surface area contributed by atoms with Crippen molar-refractivity contribution in [2.45, 2.75) is 239 Å². The summed E-state index contributed by atoms with van der Waals surface area (Å²) < 4.78 is 49.8. The Labute approximate surface area is 527 Å². The lowest BCUT2D eigenvalue weighted by Crippen LogP contribution is -2.47. The third kappa shape index (κ3) is 57.8. The molecule has 0 bridgehead atoms. The zero-order valence-corrected chi connectivity index (χ0v) is 56.2. The van der Waals surface area contributed by atoms with Crippen molar-refractivity contribution in [3.8, 4) is 0 Å². The molecule has 0 heterocycles. The maximum atomic E-state index is 13.4. The molecule has 0 rings (SSSR count). The largest absolute Gasteiger partial charge is 0.481 e. The summed E-state index contributed by atoms with van der Waals surface area (Å²) in [6.45, 7) is 20.5. The lowest BCUT2D eigenvalue weighted by molar-refractivity contribution is -0.889. The molecule has 0 radical (unpaired) electrons. The van der Waals surface area contributed by atoms with Crippen LogP contribution >= 0.6 is 0 Å². The van der Waals surface area contributed by atoms with Crippen molar-refractivity contribution >= 4 is 53.2 Å². The van der Waals surface area contributed by atoms with Crippen molar-refractivity contribution in [3.63, 3.8) is 0 Å². The van der Waals surface area contributed by atoms with Crippen LogP contribution in [0.5, 0.6) is 0 Å². The first-order valence-corrected chi connectivity index (χ1v) is 32.5. The number of Topliss-reactive ketones (excluding diaryl/α,β-unsaturated/α-hetero) is 2. The molecule has 2 atom stereocenters. The van der Waals surface area contributed by atoms with Gasteiger partial charge in [-0.1, -0.05) is 77.0 Å². The lowest BCUT2D eigenvalue weighted by Gasteiger charge is -2.29. The van der Waals surface area contributed by atoms with E-state index in [2.05, 4.69) is 16.0 Å². The molecule has 0 aliphatic rings. The number of quaternary nitrogens is 1. The second kappa shape index (κ2) is 50.0. The van der Waals surface area contributed by atoms with Crippen LogP contribution in [0.4, 0.5) is 0 Å². The molecule has 0 aromatic carbocycles. The van der Waals surface area contributed by atoms with Gasteiger partial charge in [0.1, 0.15) is 42.3 Å². The number of rotatable bonds is 57. The number of ether oxygens (including phenoxy) is 9. The van der Waals surface area contributed by atoms with Crippen LogP contribution in [0.1, 0.15) is 216 Å². The van der Waals surface area contributed by atoms with E-state index in [4.69, 9.17) is 47.7 Å². The number of nitrogens with one attached hydrogen (secondary N) is 3. The van der Waals surface area contributed by atoms with Gasteiger partial charge in [-0.25, -0.2) is 0 Å². The van der Waals surface area contributed by atoms with E-state index in [0.717, 1.165) is 57.9 Å². The number of unbranched alkanes of at least 4 members (excludes halogenated alkanes) is 13. The summed E-state index contributed by atoms with van der Waals surface area (Å²) in [6.07, 6.45) is 16.3. The molecule has 4 N–H and O–H groups in total. The van der Waals surface area contributed by atoms with Gasteiger partial charge in [-0.2, -0.15) is 0 Å². The molecule has 1 unspecified atom stereocenters. The smallest absolute Gasteiger partial charge is 0.309 e. The van der Waals surface area contributed by atoms with Gasteiger partial charge < -0.3 is 68.2 Å². The Balaban J connectivity index is 4.49. The van der Waals surface area contributed by atoms with E-state index in [1.807, 2.05) is 34.9 Å². The maximum Gasteiger partial charge on any atom is 0.309 e. The molecule has 0 fully saturated rings. The number of aliphatic carboxylic acids is 1. The molecule has 0 spiro atoms. The third-order valence-corrected chi connectivity index (χ3v) is 13.3. The molecule has 0 saturated carbocycles. The van der Waals surface area contributed by atoms with Crippen molar-refractivity contribution in [1.82, 2.24) is 16.0 Å². The van der Waals surface area contributed by atoms with E-state index in [0.29, 0.717) is 63.3 Å². The molecule has 23 heteroatoms. The van der Waals surface area contributed by atoms with Crippen LogP contribution in [0.2, 0.25) is 0 Å². The number of esters is 3. The average molecular weight is 1260 g/mol. The minimum absolute atomic E-state index is 0.0385. The van der Waals surface area contributed by atoms with Crippen LogP contribution in [-0.2, 0) is 85.8 Å². The van der Waals surface area contributed by atoms with Crippen LogP contribution in [0.3, 0.4) is 0 Å². The highest BCUT2D eigenvalue weighted by molar-refractivity contribution is 5.86. The number of carboxylic acid groups (broad SMARTS) is 1. The SMILES string of the molecule is CC(C)(C)OC(=O)CCCCCCCCCCCCCCCCC(=O)C[C@@H](CCC(=O)NC(CC(=O)NCCOCCOCC(=O)CCCOCCOCC(=O)NCC[N+](C)(C)CCOCCOCCC(=O)O)CC(=O)OC(C)(C)C)C(=O)OC(C)(C)C. The van der Waals surface area contributed by atoms with Crippen LogP contribution in [0.15, 0.2) is 0 Å². The van der Waals surface area contributed by atoms with Gasteiger partial charge in [-0.15, -0.1) is 0 Å². The Morgan fingerprint density at radius 1 is 0.398 bits per heavy atom. The maximum absolute atomic E-state index is 13.4. The van der Waals surface area contributed by atoms with Gasteiger partial charge in [0.05, 0.1) is 105 Å². The fraction of sp³-hybridized carbons (Fsp3) is 0.862. The summed E-state index contributed by atoms with van der Waals surface area (Å²) in [4.78, 5) is 113. The molecule has 0 aliphatic carbocycles. The monoisotopic (exact) mass is 1260 g/mol. The fourth-order valence-electron chi connectivity index (χ4n) is 8.78. The Morgan fingerprint density at radius 3 is 1.42 bits per heavy atom. The fourth-order valence-corrected chi connectivity index (χ4v) is 8.78. The van der Waals surface area contributed by atoms with E-state index in [9.17, 15) is 43.2 Å². The van der Waals surface area contributed by atoms with Gasteiger partial charge in [0.2, 0.25) is 17.7 Å². The quantitative estimate of drug-likeness (QED) is 0.0193. The zero-order chi connectivity index (χ0) is 66.1. The Morgan fingerprint density at radius 2 is 0.864 bits per heavy atom. The summed E-state index contributed by atoms with van der Waals surface area (Å²) >= 11 is 0. The second-order valence-electron chi connectivity index (χ2n) is 26.2. The third-order valence-electron chi connectivity index (χ3n) is 13.3. The number of carbonyl (C=O) groups excluding carboxylic acids is 8. The molecule has 88 heavy (non-hydrogen) atoms. The van der Waals surface area contributed by atoms with E-state index < -0.39 is 58.5 Å². The highest BCUT2D eigenvalue weighted by Crippen LogP contribution is 2.22. The predicted molar refractivity (Wildman–Crippen MR) is 334 cm³/mol. The second-order valence-corrected chi connectivity index (χ2v) is 26.2. The number of carbonyl (C=O) groups is 9. The minimum atomic E-state index is -0.917. The molecule has 0 saturated heterocycles. The Kier molecular flexibility index (Phi) is 47.4. The molecule has 0 aliphatic heterocycles. The number of ketones is 2. The van der Waals surface area contributed by atoms with Crippen LogP contribution in [-0.4, -0.2) is 205 Å². The van der Waals surface area contributed by atoms with Gasteiger partial charge in [0, 0.05) is 57.7 Å².